The first-order chi connectivity index (χ1) is 70.1. The van der Waals surface area contributed by atoms with Gasteiger partial charge in [0, 0.05) is 58.4 Å². The quantitative estimate of drug-likeness (QED) is 0.00606. The number of ether oxygens (including phenoxy) is 2. The lowest BCUT2D eigenvalue weighted by molar-refractivity contribution is -0.171. The Morgan fingerprint density at radius 1 is 0.428 bits per heavy atom. The summed E-state index contributed by atoms with van der Waals surface area (Å²) in [5.41, 5.74) is 14.9. The van der Waals surface area contributed by atoms with Gasteiger partial charge in [-0.25, -0.2) is 22.9 Å². The van der Waals surface area contributed by atoms with E-state index in [0.717, 1.165) is 102 Å². The van der Waals surface area contributed by atoms with E-state index in [0.29, 0.717) is 32.9 Å². The summed E-state index contributed by atoms with van der Waals surface area (Å²) in [7, 11) is -2.22. The molecule has 2 heterocycles. The van der Waals surface area contributed by atoms with Crippen molar-refractivity contribution in [3.8, 4) is 67.1 Å². The van der Waals surface area contributed by atoms with Gasteiger partial charge in [-0.2, -0.15) is 5.06 Å². The number of hydroxylamine groups is 3. The van der Waals surface area contributed by atoms with Gasteiger partial charge < -0.3 is 29.9 Å². The van der Waals surface area contributed by atoms with E-state index in [9.17, 15) is 76.0 Å². The van der Waals surface area contributed by atoms with Crippen LogP contribution < -0.4 is 25.6 Å². The molecule has 5 atom stereocenters. The van der Waals surface area contributed by atoms with Crippen LogP contribution in [0, 0.1) is 0 Å². The molecule has 15 aromatic rings. The molecule has 7 amide bonds. The number of urea groups is 1. The Bertz CT molecular complexity index is 7240. The SMILES string of the molecule is C=CCC(C(=O)NO)c1ccccc1Sc1ccc(-c2ccc(OC)cc2)cc1.COc1ccc(-c2ccc(Sc3ccccc3C3C(=O)NC(=O)NC3=O)cc2)cc1.O=C(O)CCC(C(=O)O)c1ccccc1S(=O)c1ccc(-c2ccccc2)cc1.O=C(O)CCC(C(=O)O)c1ccccc1Sc1ccc(-c2ccccc2)cc1.O=C1CC(c2ccccc2S(=O)(=O)c2ccc(-c3ccccc3)cc2)C(=O)N1O. The number of amides is 7. The van der Waals surface area contributed by atoms with Crippen LogP contribution in [0.15, 0.2) is 444 Å². The van der Waals surface area contributed by atoms with Gasteiger partial charge in [0.1, 0.15) is 17.4 Å². The maximum atomic E-state index is 13.3. The Labute approximate surface area is 852 Å². The maximum Gasteiger partial charge on any atom is 0.328 e. The van der Waals surface area contributed by atoms with Crippen LogP contribution in [-0.2, 0) is 63.8 Å². The van der Waals surface area contributed by atoms with Crippen LogP contribution in [0.4, 0.5) is 4.79 Å². The van der Waals surface area contributed by atoms with Crippen LogP contribution in [0.2, 0.25) is 0 Å². The molecule has 5 unspecified atom stereocenters. The number of carboxylic acids is 4. The van der Waals surface area contributed by atoms with Crippen molar-refractivity contribution in [1.82, 2.24) is 21.2 Å². The first-order valence-corrected chi connectivity index (χ1v) is 50.5. The van der Waals surface area contributed by atoms with Crippen molar-refractivity contribution in [2.24, 2.45) is 0 Å². The fraction of sp³-hybridized carbons (Fsp3) is 0.113. The average molecular weight is 2030 g/mol. The van der Waals surface area contributed by atoms with E-state index in [2.05, 4.69) is 53.6 Å². The Kier molecular flexibility index (Phi) is 37.7. The van der Waals surface area contributed by atoms with Gasteiger partial charge in [-0.05, 0) is 218 Å². The predicted octanol–water partition coefficient (Wildman–Crippen LogP) is 23.2. The highest BCUT2D eigenvalue weighted by Gasteiger charge is 2.42. The fourth-order valence-corrected chi connectivity index (χ4v) is 21.7. The number of carboxylic acid groups (broad SMARTS) is 4. The Balaban J connectivity index is 0.000000152. The monoisotopic (exact) mass is 2030 g/mol. The number of imide groups is 3. The predicted molar refractivity (Wildman–Crippen MR) is 555 cm³/mol. The number of carbonyl (C=O) groups excluding carboxylic acids is 6. The van der Waals surface area contributed by atoms with Gasteiger partial charge in [0.15, 0.2) is 0 Å². The summed E-state index contributed by atoms with van der Waals surface area (Å²) in [4.78, 5) is 124. The maximum absolute atomic E-state index is 13.3. The molecule has 0 bridgehead atoms. The number of methoxy groups -OCH3 is 2. The molecular weight excluding hydrogens is 1930 g/mol. The van der Waals surface area contributed by atoms with Gasteiger partial charge in [0.2, 0.25) is 21.7 Å². The minimum atomic E-state index is -3.93. The number of benzene rings is 15. The first kappa shape index (κ1) is 106. The number of sulfone groups is 1. The molecule has 0 aliphatic carbocycles. The van der Waals surface area contributed by atoms with E-state index in [1.165, 1.54) is 47.8 Å². The van der Waals surface area contributed by atoms with Gasteiger partial charge >= 0.3 is 29.9 Å². The smallest absolute Gasteiger partial charge is 0.328 e. The highest BCUT2D eigenvalue weighted by atomic mass is 32.2. The second-order valence-electron chi connectivity index (χ2n) is 32.7. The van der Waals surface area contributed by atoms with Gasteiger partial charge in [0.05, 0.1) is 58.5 Å². The van der Waals surface area contributed by atoms with Crippen LogP contribution in [0.25, 0.3) is 55.6 Å². The molecule has 0 spiro atoms. The van der Waals surface area contributed by atoms with E-state index in [1.807, 2.05) is 237 Å². The summed E-state index contributed by atoms with van der Waals surface area (Å²) >= 11 is 4.54. The first-order valence-electron chi connectivity index (χ1n) is 45.4. The molecule has 30 heteroatoms. The van der Waals surface area contributed by atoms with E-state index in [4.69, 9.17) is 24.9 Å². The van der Waals surface area contributed by atoms with E-state index in [1.54, 1.807) is 122 Å². The normalized spacial score (nSPS) is 13.5. The topological polar surface area (TPSA) is 401 Å². The number of nitrogens with zero attached hydrogens (tertiary/aromatic N) is 1. The summed E-state index contributed by atoms with van der Waals surface area (Å²) in [6.07, 6.45) is 1.41. The zero-order valence-corrected chi connectivity index (χ0v) is 82.2. The molecule has 2 aliphatic rings. The van der Waals surface area contributed by atoms with Crippen molar-refractivity contribution in [3.05, 3.63) is 423 Å². The second-order valence-corrected chi connectivity index (χ2v) is 39.4. The van der Waals surface area contributed by atoms with Crippen molar-refractivity contribution in [3.63, 3.8) is 0 Å². The summed E-state index contributed by atoms with van der Waals surface area (Å²) in [5.74, 6) is -10.3. The second kappa shape index (κ2) is 51.5. The summed E-state index contributed by atoms with van der Waals surface area (Å²) in [5, 5.41) is 60.0. The molecule has 2 aliphatic heterocycles. The minimum Gasteiger partial charge on any atom is -0.497 e. The molecule has 2 saturated heterocycles. The van der Waals surface area contributed by atoms with Crippen LogP contribution in [0.3, 0.4) is 0 Å². The molecule has 0 aromatic heterocycles. The van der Waals surface area contributed by atoms with Crippen molar-refractivity contribution < 1.29 is 101 Å². The van der Waals surface area contributed by atoms with Crippen LogP contribution in [-0.4, -0.2) is 122 Å². The molecule has 734 valence electrons. The van der Waals surface area contributed by atoms with Gasteiger partial charge in [-0.3, -0.25) is 64.2 Å². The third-order valence-corrected chi connectivity index (χ3v) is 30.0. The minimum absolute atomic E-state index is 0.0473. The van der Waals surface area contributed by atoms with Crippen LogP contribution in [0.5, 0.6) is 11.5 Å². The van der Waals surface area contributed by atoms with Crippen molar-refractivity contribution in [2.45, 2.75) is 117 Å². The van der Waals surface area contributed by atoms with Crippen LogP contribution in [0.1, 0.15) is 95.9 Å². The Morgan fingerprint density at radius 3 is 1.16 bits per heavy atom. The number of rotatable bonds is 33. The highest BCUT2D eigenvalue weighted by molar-refractivity contribution is 8.00. The van der Waals surface area contributed by atoms with E-state index >= 15 is 0 Å². The third-order valence-electron chi connectivity index (χ3n) is 23.4. The molecule has 9 N–H and O–H groups in total. The summed E-state index contributed by atoms with van der Waals surface area (Å²) < 4.78 is 50.1. The zero-order chi connectivity index (χ0) is 103. The van der Waals surface area contributed by atoms with Crippen LogP contribution >= 0.6 is 35.3 Å². The van der Waals surface area contributed by atoms with E-state index < -0.39 is 110 Å². The number of carbonyl (C=O) groups is 10. The number of hydrogen-bond donors (Lipinski definition) is 9. The summed E-state index contributed by atoms with van der Waals surface area (Å²) in [6, 6.07) is 118. The third kappa shape index (κ3) is 28.2. The summed E-state index contributed by atoms with van der Waals surface area (Å²) in [6.45, 7) is 3.73. The lowest BCUT2D eigenvalue weighted by atomic mass is 9.94. The lowest BCUT2D eigenvalue weighted by Gasteiger charge is -2.22. The number of barbiturate groups is 1. The number of allylic oxidation sites excluding steroid dienone is 1. The number of aliphatic carboxylic acids is 4. The standard InChI is InChI=1S/C24H23NO3S.C23H18N2O4S.C23H20O5S.C23H20O4S.C22H17NO5S/c1-3-6-22(24(26)25-27)21-7-4-5-8-23(21)29-20-15-11-18(12-16-20)17-9-13-19(28-2)14-10-17;1-29-16-10-6-14(7-11-16)15-8-12-17(13-9-15)30-19-5-3-2-4-18(19)20-21(26)24-23(28)25-22(20)27;24-22(25)15-14-20(23(26)27)19-8-4-5-9-21(19)29(28)18-12-10-17(11-13-18)16-6-2-1-3-7-16;24-22(25)15-14-20(23(26)27)19-8-4-5-9-21(19)28-18-12-10-17(11-13-18)16-6-2-1-3-7-16;24-21-14-19(22(25)23(21)26)18-8-4-5-9-20(18)29(27,28)17-12-10-16(11-13-17)15-6-2-1-3-7-15/h3-5,7-16,22,27H,1,6H2,2H3,(H,25,26);2-13,20H,1H3,(H2,24,25,26,27,28);1-13,20H,14-15H2,(H,24,25)(H,26,27);1-13,20H,14-15H2,(H,24,25)(H,26,27);1-13,19,26H,14H2. The van der Waals surface area contributed by atoms with Gasteiger partial charge in [-0.1, -0.05) is 308 Å². The van der Waals surface area contributed by atoms with E-state index in [-0.39, 0.29) is 52.5 Å². The number of hydrogen-bond acceptors (Lipinski definition) is 20. The molecular formula is C115H98N4O21S5. The van der Waals surface area contributed by atoms with Crippen molar-refractivity contribution in [2.75, 3.05) is 14.2 Å². The molecule has 145 heavy (non-hydrogen) atoms. The van der Waals surface area contributed by atoms with Gasteiger partial charge in [-0.15, -0.1) is 6.58 Å². The Hall–Kier alpha value is -16.2. The Morgan fingerprint density at radius 2 is 0.766 bits per heavy atom. The zero-order valence-electron chi connectivity index (χ0n) is 78.1. The molecule has 0 radical (unpaired) electrons. The number of nitrogens with one attached hydrogen (secondary N) is 3. The molecule has 17 rings (SSSR count). The lowest BCUT2D eigenvalue weighted by Crippen LogP contribution is -2.54. The molecule has 25 nitrogen and oxygen atoms in total. The molecule has 0 saturated carbocycles. The average Bonchev–Trinajstić information content (AvgIpc) is 1.65. The fourth-order valence-electron chi connectivity index (χ4n) is 16.0. The van der Waals surface area contributed by atoms with Crippen molar-refractivity contribution in [1.29, 1.82) is 0 Å². The molecule has 15 aromatic carbocycles. The van der Waals surface area contributed by atoms with Gasteiger partial charge in [0.25, 0.3) is 17.7 Å². The van der Waals surface area contributed by atoms with Crippen molar-refractivity contribution >= 4 is 115 Å². The highest BCUT2D eigenvalue weighted by Crippen LogP contribution is 2.43. The molecule has 2 fully saturated rings. The largest absolute Gasteiger partial charge is 0.497 e.